The summed E-state index contributed by atoms with van der Waals surface area (Å²) in [5.41, 5.74) is 3.75. The van der Waals surface area contributed by atoms with Gasteiger partial charge in [-0.15, -0.1) is 0 Å². The number of nitrogens with one attached hydrogen (secondary N) is 1. The van der Waals surface area contributed by atoms with Gasteiger partial charge in [0.15, 0.2) is 0 Å². The number of rotatable bonds is 5. The standard InChI is InChI=1S/C18H16ClN5O4/c1-3-23-10(2)21-14-7-11(4-5-15(14)23)18(26)22-20-9-12-6-13(19)8-16(17(12)25)24(27)28/h4-9,25H,3H2,1-2H3,(H,22,26)/b20-9-. The van der Waals surface area contributed by atoms with E-state index >= 15 is 0 Å². The zero-order valence-corrected chi connectivity index (χ0v) is 15.8. The van der Waals surface area contributed by atoms with E-state index in [1.807, 2.05) is 24.5 Å². The highest BCUT2D eigenvalue weighted by molar-refractivity contribution is 6.31. The van der Waals surface area contributed by atoms with E-state index in [2.05, 4.69) is 15.5 Å². The molecular formula is C18H16ClN5O4. The highest BCUT2D eigenvalue weighted by Gasteiger charge is 2.18. The molecule has 0 unspecified atom stereocenters. The van der Waals surface area contributed by atoms with Crippen molar-refractivity contribution in [2.24, 2.45) is 5.10 Å². The number of fused-ring (bicyclic) bond motifs is 1. The number of imidazole rings is 1. The summed E-state index contributed by atoms with van der Waals surface area (Å²) < 4.78 is 2.03. The molecule has 0 atom stereocenters. The van der Waals surface area contributed by atoms with Gasteiger partial charge in [0.25, 0.3) is 5.91 Å². The fraction of sp³-hybridized carbons (Fsp3) is 0.167. The van der Waals surface area contributed by atoms with Crippen LogP contribution in [0.25, 0.3) is 11.0 Å². The van der Waals surface area contributed by atoms with Crippen LogP contribution in [0.2, 0.25) is 5.02 Å². The number of nitrogens with zero attached hydrogens (tertiary/aromatic N) is 4. The topological polar surface area (TPSA) is 123 Å². The highest BCUT2D eigenvalue weighted by atomic mass is 35.5. The SMILES string of the molecule is CCn1c(C)nc2cc(C(=O)N/N=C\c3cc(Cl)cc([N+](=O)[O-])c3O)ccc21. The van der Waals surface area contributed by atoms with E-state index < -0.39 is 22.3 Å². The van der Waals surface area contributed by atoms with Crippen molar-refractivity contribution in [1.82, 2.24) is 15.0 Å². The van der Waals surface area contributed by atoms with E-state index in [1.165, 1.54) is 6.07 Å². The van der Waals surface area contributed by atoms with Gasteiger partial charge in [0.2, 0.25) is 5.75 Å². The Morgan fingerprint density at radius 3 is 2.86 bits per heavy atom. The number of aromatic nitrogens is 2. The first kappa shape index (κ1) is 19.3. The predicted molar refractivity (Wildman–Crippen MR) is 105 cm³/mol. The molecule has 0 radical (unpaired) electrons. The van der Waals surface area contributed by atoms with Crippen molar-refractivity contribution in [3.05, 3.63) is 62.4 Å². The van der Waals surface area contributed by atoms with E-state index in [9.17, 15) is 20.0 Å². The summed E-state index contributed by atoms with van der Waals surface area (Å²) in [6.45, 7) is 4.68. The number of hydrogen-bond donors (Lipinski definition) is 2. The van der Waals surface area contributed by atoms with Crippen LogP contribution in [0.3, 0.4) is 0 Å². The molecule has 9 nitrogen and oxygen atoms in total. The lowest BCUT2D eigenvalue weighted by Crippen LogP contribution is -2.17. The van der Waals surface area contributed by atoms with E-state index in [0.29, 0.717) is 11.1 Å². The Kier molecular flexibility index (Phi) is 5.27. The first-order chi connectivity index (χ1) is 13.3. The first-order valence-electron chi connectivity index (χ1n) is 8.29. The van der Waals surface area contributed by atoms with Crippen LogP contribution in [0.5, 0.6) is 5.75 Å². The molecule has 0 fully saturated rings. The molecule has 3 rings (SSSR count). The molecule has 10 heteroatoms. The van der Waals surface area contributed by atoms with E-state index in [0.717, 1.165) is 30.2 Å². The Hall–Kier alpha value is -3.46. The lowest BCUT2D eigenvalue weighted by Gasteiger charge is -2.03. The van der Waals surface area contributed by atoms with Crippen LogP contribution in [0, 0.1) is 17.0 Å². The van der Waals surface area contributed by atoms with Gasteiger partial charge < -0.3 is 9.67 Å². The van der Waals surface area contributed by atoms with Crippen LogP contribution in [0.4, 0.5) is 5.69 Å². The zero-order valence-electron chi connectivity index (χ0n) is 15.0. The number of halogens is 1. The minimum Gasteiger partial charge on any atom is -0.502 e. The second-order valence-corrected chi connectivity index (χ2v) is 6.36. The summed E-state index contributed by atoms with van der Waals surface area (Å²) in [5.74, 6) is -0.224. The Labute approximate surface area is 164 Å². The first-order valence-corrected chi connectivity index (χ1v) is 8.66. The fourth-order valence-electron chi connectivity index (χ4n) is 2.86. The number of amides is 1. The monoisotopic (exact) mass is 401 g/mol. The molecule has 1 amide bonds. The quantitative estimate of drug-likeness (QED) is 0.385. The number of carbonyl (C=O) groups excluding carboxylic acids is 1. The number of aryl methyl sites for hydroxylation is 2. The van der Waals surface area contributed by atoms with Crippen LogP contribution in [-0.4, -0.2) is 31.7 Å². The third-order valence-electron chi connectivity index (χ3n) is 4.17. The molecule has 0 spiro atoms. The van der Waals surface area contributed by atoms with Gasteiger partial charge in [-0.25, -0.2) is 10.4 Å². The van der Waals surface area contributed by atoms with Gasteiger partial charge in [-0.2, -0.15) is 5.10 Å². The number of hydrogen-bond acceptors (Lipinski definition) is 6. The number of benzene rings is 2. The van der Waals surface area contributed by atoms with Gasteiger partial charge in [-0.3, -0.25) is 14.9 Å². The molecule has 1 aromatic heterocycles. The third kappa shape index (κ3) is 3.65. The smallest absolute Gasteiger partial charge is 0.312 e. The lowest BCUT2D eigenvalue weighted by molar-refractivity contribution is -0.385. The third-order valence-corrected chi connectivity index (χ3v) is 4.39. The van der Waals surface area contributed by atoms with Gasteiger partial charge >= 0.3 is 5.69 Å². The number of nitro groups is 1. The molecular weight excluding hydrogens is 386 g/mol. The van der Waals surface area contributed by atoms with Crippen molar-refractivity contribution in [2.45, 2.75) is 20.4 Å². The molecule has 0 aliphatic carbocycles. The maximum Gasteiger partial charge on any atom is 0.312 e. The van der Waals surface area contributed by atoms with Crippen molar-refractivity contribution < 1.29 is 14.8 Å². The van der Waals surface area contributed by atoms with Crippen molar-refractivity contribution >= 4 is 40.4 Å². The normalized spacial score (nSPS) is 11.2. The average Bonchev–Trinajstić information content (AvgIpc) is 2.97. The van der Waals surface area contributed by atoms with Crippen LogP contribution >= 0.6 is 11.6 Å². The molecule has 0 saturated carbocycles. The average molecular weight is 402 g/mol. The number of phenols is 1. The molecule has 1 heterocycles. The molecule has 0 aliphatic rings. The molecule has 2 N–H and O–H groups in total. The van der Waals surface area contributed by atoms with Crippen molar-refractivity contribution in [2.75, 3.05) is 0 Å². The lowest BCUT2D eigenvalue weighted by atomic mass is 10.2. The van der Waals surface area contributed by atoms with Crippen LogP contribution in [0.15, 0.2) is 35.4 Å². The summed E-state index contributed by atoms with van der Waals surface area (Å²) in [6.07, 6.45) is 1.08. The summed E-state index contributed by atoms with van der Waals surface area (Å²) in [5, 5.41) is 24.6. The molecule has 3 aromatic rings. The number of phenolic OH excluding ortho intramolecular Hbond substituents is 1. The highest BCUT2D eigenvalue weighted by Crippen LogP contribution is 2.32. The van der Waals surface area contributed by atoms with Crippen molar-refractivity contribution in [3.63, 3.8) is 0 Å². The number of carbonyl (C=O) groups is 1. The second kappa shape index (κ2) is 7.65. The Balaban J connectivity index is 1.81. The van der Waals surface area contributed by atoms with Crippen LogP contribution in [0.1, 0.15) is 28.7 Å². The van der Waals surface area contributed by atoms with Gasteiger partial charge in [-0.1, -0.05) is 11.6 Å². The van der Waals surface area contributed by atoms with Crippen molar-refractivity contribution in [3.8, 4) is 5.75 Å². The number of nitro benzene ring substituents is 1. The fourth-order valence-corrected chi connectivity index (χ4v) is 3.08. The summed E-state index contributed by atoms with van der Waals surface area (Å²) in [7, 11) is 0. The predicted octanol–water partition coefficient (Wildman–Crippen LogP) is 3.40. The molecule has 0 saturated heterocycles. The second-order valence-electron chi connectivity index (χ2n) is 5.93. The Morgan fingerprint density at radius 1 is 1.43 bits per heavy atom. The minimum absolute atomic E-state index is 0.00673. The Morgan fingerprint density at radius 2 is 2.18 bits per heavy atom. The molecule has 144 valence electrons. The van der Waals surface area contributed by atoms with Gasteiger partial charge in [-0.05, 0) is 38.1 Å². The summed E-state index contributed by atoms with van der Waals surface area (Å²) in [4.78, 5) is 26.9. The largest absolute Gasteiger partial charge is 0.502 e. The van der Waals surface area contributed by atoms with Gasteiger partial charge in [0, 0.05) is 28.8 Å². The van der Waals surface area contributed by atoms with Crippen LogP contribution < -0.4 is 5.43 Å². The van der Waals surface area contributed by atoms with E-state index in [-0.39, 0.29) is 10.6 Å². The van der Waals surface area contributed by atoms with Gasteiger partial charge in [0.1, 0.15) is 5.82 Å². The molecule has 28 heavy (non-hydrogen) atoms. The Bertz CT molecular complexity index is 1120. The van der Waals surface area contributed by atoms with Gasteiger partial charge in [0.05, 0.1) is 22.2 Å². The summed E-state index contributed by atoms with van der Waals surface area (Å²) >= 11 is 5.81. The van der Waals surface area contributed by atoms with E-state index in [4.69, 9.17) is 11.6 Å². The van der Waals surface area contributed by atoms with Crippen LogP contribution in [-0.2, 0) is 6.54 Å². The molecule has 2 aromatic carbocycles. The zero-order chi connectivity index (χ0) is 20.4. The minimum atomic E-state index is -0.760. The summed E-state index contributed by atoms with van der Waals surface area (Å²) in [6, 6.07) is 7.44. The molecule has 0 bridgehead atoms. The maximum atomic E-state index is 12.3. The van der Waals surface area contributed by atoms with Crippen molar-refractivity contribution in [1.29, 1.82) is 0 Å². The maximum absolute atomic E-state index is 12.3. The van der Waals surface area contributed by atoms with E-state index in [1.54, 1.807) is 12.1 Å². The number of hydrazone groups is 1. The number of aromatic hydroxyl groups is 1. The molecule has 0 aliphatic heterocycles.